The SMILES string of the molecule is CC1=CCC=C(Cc2ccccc2)C1. The molecule has 0 heteroatoms. The molecule has 0 nitrogen and oxygen atoms in total. The Hall–Kier alpha value is -1.30. The summed E-state index contributed by atoms with van der Waals surface area (Å²) in [5.41, 5.74) is 4.50. The van der Waals surface area contributed by atoms with Gasteiger partial charge in [0, 0.05) is 0 Å². The fraction of sp³-hybridized carbons (Fsp3) is 0.286. The highest BCUT2D eigenvalue weighted by atomic mass is 14.1. The minimum absolute atomic E-state index is 1.12. The third-order valence-electron chi connectivity index (χ3n) is 2.65. The van der Waals surface area contributed by atoms with Crippen LogP contribution >= 0.6 is 0 Å². The molecule has 1 aromatic carbocycles. The Labute approximate surface area is 86.0 Å². The first-order valence-electron chi connectivity index (χ1n) is 5.22. The summed E-state index contributed by atoms with van der Waals surface area (Å²) in [6.07, 6.45) is 8.07. The van der Waals surface area contributed by atoms with E-state index < -0.39 is 0 Å². The highest BCUT2D eigenvalue weighted by Crippen LogP contribution is 2.21. The minimum atomic E-state index is 1.12. The first-order chi connectivity index (χ1) is 6.84. The monoisotopic (exact) mass is 184 g/mol. The highest BCUT2D eigenvalue weighted by molar-refractivity contribution is 5.27. The maximum Gasteiger partial charge on any atom is -0.00638 e. The number of hydrogen-bond donors (Lipinski definition) is 0. The second kappa shape index (κ2) is 4.28. The second-order valence-corrected chi connectivity index (χ2v) is 3.99. The van der Waals surface area contributed by atoms with Gasteiger partial charge in [0.05, 0.1) is 0 Å². The summed E-state index contributed by atoms with van der Waals surface area (Å²) in [5.74, 6) is 0. The van der Waals surface area contributed by atoms with Gasteiger partial charge in [-0.05, 0) is 31.7 Å². The van der Waals surface area contributed by atoms with Crippen LogP contribution in [0.15, 0.2) is 53.6 Å². The van der Waals surface area contributed by atoms with Crippen molar-refractivity contribution in [2.24, 2.45) is 0 Å². The van der Waals surface area contributed by atoms with Crippen molar-refractivity contribution >= 4 is 0 Å². The van der Waals surface area contributed by atoms with Crippen LogP contribution in [0.1, 0.15) is 25.3 Å². The van der Waals surface area contributed by atoms with Crippen LogP contribution in [0.2, 0.25) is 0 Å². The standard InChI is InChI=1S/C14H16/c1-12-6-5-9-14(10-12)11-13-7-3-2-4-8-13/h2-4,6-9H,5,10-11H2,1H3. The molecule has 14 heavy (non-hydrogen) atoms. The molecule has 0 unspecified atom stereocenters. The number of hydrogen-bond acceptors (Lipinski definition) is 0. The molecule has 1 aromatic rings. The Morgan fingerprint density at radius 2 is 1.86 bits per heavy atom. The third kappa shape index (κ3) is 2.35. The van der Waals surface area contributed by atoms with E-state index in [1.54, 1.807) is 5.57 Å². The maximum atomic E-state index is 2.36. The van der Waals surface area contributed by atoms with Gasteiger partial charge in [0.1, 0.15) is 0 Å². The van der Waals surface area contributed by atoms with Gasteiger partial charge in [-0.15, -0.1) is 0 Å². The zero-order valence-electron chi connectivity index (χ0n) is 8.66. The van der Waals surface area contributed by atoms with Gasteiger partial charge in [0.15, 0.2) is 0 Å². The van der Waals surface area contributed by atoms with E-state index in [0.717, 1.165) is 19.3 Å². The van der Waals surface area contributed by atoms with Gasteiger partial charge in [-0.2, -0.15) is 0 Å². The van der Waals surface area contributed by atoms with Crippen molar-refractivity contribution in [3.63, 3.8) is 0 Å². The summed E-state index contributed by atoms with van der Waals surface area (Å²) in [4.78, 5) is 0. The molecule has 0 fully saturated rings. The average molecular weight is 184 g/mol. The molecule has 0 bridgehead atoms. The fourth-order valence-electron chi connectivity index (χ4n) is 1.92. The van der Waals surface area contributed by atoms with Crippen LogP contribution in [0.25, 0.3) is 0 Å². The molecule has 0 saturated heterocycles. The lowest BCUT2D eigenvalue weighted by Gasteiger charge is -2.12. The van der Waals surface area contributed by atoms with Crippen LogP contribution in [0.3, 0.4) is 0 Å². The van der Waals surface area contributed by atoms with Crippen molar-refractivity contribution in [1.29, 1.82) is 0 Å². The summed E-state index contributed by atoms with van der Waals surface area (Å²) in [6, 6.07) is 10.7. The first kappa shape index (κ1) is 9.26. The van der Waals surface area contributed by atoms with Crippen LogP contribution in [0, 0.1) is 0 Å². The number of rotatable bonds is 2. The van der Waals surface area contributed by atoms with Crippen molar-refractivity contribution in [1.82, 2.24) is 0 Å². The van der Waals surface area contributed by atoms with Crippen LogP contribution in [-0.2, 0) is 6.42 Å². The molecule has 0 radical (unpaired) electrons. The van der Waals surface area contributed by atoms with Crippen molar-refractivity contribution in [3.8, 4) is 0 Å². The fourth-order valence-corrected chi connectivity index (χ4v) is 1.92. The van der Waals surface area contributed by atoms with E-state index in [4.69, 9.17) is 0 Å². The van der Waals surface area contributed by atoms with Crippen LogP contribution in [-0.4, -0.2) is 0 Å². The minimum Gasteiger partial charge on any atom is -0.0815 e. The van der Waals surface area contributed by atoms with Crippen molar-refractivity contribution < 1.29 is 0 Å². The van der Waals surface area contributed by atoms with Crippen molar-refractivity contribution in [2.45, 2.75) is 26.2 Å². The van der Waals surface area contributed by atoms with Gasteiger partial charge >= 0.3 is 0 Å². The van der Waals surface area contributed by atoms with E-state index in [9.17, 15) is 0 Å². The van der Waals surface area contributed by atoms with Gasteiger partial charge in [0.2, 0.25) is 0 Å². The van der Waals surface area contributed by atoms with Crippen LogP contribution < -0.4 is 0 Å². The molecule has 0 saturated carbocycles. The zero-order valence-corrected chi connectivity index (χ0v) is 8.66. The lowest BCUT2D eigenvalue weighted by atomic mass is 9.94. The van der Waals surface area contributed by atoms with Crippen LogP contribution in [0.5, 0.6) is 0 Å². The van der Waals surface area contributed by atoms with E-state index in [1.165, 1.54) is 11.1 Å². The van der Waals surface area contributed by atoms with Crippen molar-refractivity contribution in [3.05, 3.63) is 59.2 Å². The van der Waals surface area contributed by atoms with E-state index >= 15 is 0 Å². The molecule has 2 rings (SSSR count). The predicted octanol–water partition coefficient (Wildman–Crippen LogP) is 3.90. The summed E-state index contributed by atoms with van der Waals surface area (Å²) in [5, 5.41) is 0. The third-order valence-corrected chi connectivity index (χ3v) is 2.65. The first-order valence-corrected chi connectivity index (χ1v) is 5.22. The number of allylic oxidation sites excluding steroid dienone is 4. The predicted molar refractivity (Wildman–Crippen MR) is 61.2 cm³/mol. The van der Waals surface area contributed by atoms with Crippen LogP contribution in [0.4, 0.5) is 0 Å². The lowest BCUT2D eigenvalue weighted by Crippen LogP contribution is -1.95. The summed E-state index contributed by atoms with van der Waals surface area (Å²) in [7, 11) is 0. The maximum absolute atomic E-state index is 2.36. The molecule has 72 valence electrons. The summed E-state index contributed by atoms with van der Waals surface area (Å²) in [6.45, 7) is 2.22. The molecule has 0 N–H and O–H groups in total. The molecule has 1 aliphatic rings. The van der Waals surface area contributed by atoms with Gasteiger partial charge in [-0.25, -0.2) is 0 Å². The highest BCUT2D eigenvalue weighted by Gasteiger charge is 2.03. The molecule has 0 aromatic heterocycles. The Bertz CT molecular complexity index is 355. The Balaban J connectivity index is 2.02. The van der Waals surface area contributed by atoms with E-state index in [2.05, 4.69) is 49.4 Å². The topological polar surface area (TPSA) is 0 Å². The molecule has 0 amide bonds. The molecular formula is C14H16. The molecule has 0 spiro atoms. The molecular weight excluding hydrogens is 168 g/mol. The van der Waals surface area contributed by atoms with Gasteiger partial charge < -0.3 is 0 Å². The summed E-state index contributed by atoms with van der Waals surface area (Å²) < 4.78 is 0. The van der Waals surface area contributed by atoms with Gasteiger partial charge in [-0.3, -0.25) is 0 Å². The molecule has 0 heterocycles. The average Bonchev–Trinajstić information content (AvgIpc) is 2.19. The quantitative estimate of drug-likeness (QED) is 0.611. The smallest absolute Gasteiger partial charge is 0.00638 e. The molecule has 0 atom stereocenters. The van der Waals surface area contributed by atoms with Crippen molar-refractivity contribution in [2.75, 3.05) is 0 Å². The molecule has 1 aliphatic carbocycles. The van der Waals surface area contributed by atoms with E-state index in [-0.39, 0.29) is 0 Å². The van der Waals surface area contributed by atoms with Gasteiger partial charge in [0.25, 0.3) is 0 Å². The second-order valence-electron chi connectivity index (χ2n) is 3.99. The lowest BCUT2D eigenvalue weighted by molar-refractivity contribution is 0.965. The Kier molecular flexibility index (Phi) is 2.83. The number of benzene rings is 1. The zero-order chi connectivity index (χ0) is 9.80. The molecule has 0 aliphatic heterocycles. The normalized spacial score (nSPS) is 16.1. The van der Waals surface area contributed by atoms with Gasteiger partial charge in [-0.1, -0.05) is 53.6 Å². The van der Waals surface area contributed by atoms with E-state index in [0.29, 0.717) is 0 Å². The largest absolute Gasteiger partial charge is 0.0815 e. The van der Waals surface area contributed by atoms with E-state index in [1.807, 2.05) is 0 Å². The Morgan fingerprint density at radius 3 is 2.57 bits per heavy atom. The Morgan fingerprint density at radius 1 is 1.07 bits per heavy atom. The summed E-state index contributed by atoms with van der Waals surface area (Å²) >= 11 is 0.